The number of imidazole rings is 2. The highest BCUT2D eigenvalue weighted by Crippen LogP contribution is 2.31. The van der Waals surface area contributed by atoms with Gasteiger partial charge in [-0.3, -0.25) is 18.4 Å². The number of aryl methyl sites for hydroxylation is 2. The summed E-state index contributed by atoms with van der Waals surface area (Å²) in [7, 11) is -3.47. The molecule has 0 atom stereocenters. The van der Waals surface area contributed by atoms with Crippen molar-refractivity contribution in [1.82, 2.24) is 49.0 Å². The second kappa shape index (κ2) is 17.0. The molecule has 6 aromatic heterocycles. The first-order chi connectivity index (χ1) is 32.0. The number of amides is 2. The Labute approximate surface area is 384 Å². The van der Waals surface area contributed by atoms with Gasteiger partial charge < -0.3 is 20.1 Å². The van der Waals surface area contributed by atoms with Gasteiger partial charge in [0, 0.05) is 64.0 Å². The fourth-order valence-corrected chi connectivity index (χ4v) is 10.3. The van der Waals surface area contributed by atoms with Crippen LogP contribution in [-0.4, -0.2) is 108 Å². The van der Waals surface area contributed by atoms with Crippen molar-refractivity contribution in [1.29, 1.82) is 0 Å². The Morgan fingerprint density at radius 3 is 1.64 bits per heavy atom. The number of hydrogen-bond acceptors (Lipinski definition) is 11. The quantitative estimate of drug-likeness (QED) is 0.138. The molecule has 8 heterocycles. The van der Waals surface area contributed by atoms with E-state index in [0.717, 1.165) is 83.7 Å². The van der Waals surface area contributed by atoms with Crippen LogP contribution in [0.25, 0.3) is 45.2 Å². The van der Waals surface area contributed by atoms with Crippen LogP contribution >= 0.6 is 11.8 Å². The minimum absolute atomic E-state index is 0.00943. The molecule has 2 aromatic carbocycles. The number of nitrogens with zero attached hydrogens (tertiary/aromatic N) is 8. The van der Waals surface area contributed by atoms with E-state index in [2.05, 4.69) is 54.4 Å². The zero-order valence-corrected chi connectivity index (χ0v) is 37.8. The Bertz CT molecular complexity index is 3280. The van der Waals surface area contributed by atoms with E-state index < -0.39 is 15.1 Å². The molecule has 336 valence electrons. The molecule has 2 saturated carbocycles. The summed E-state index contributed by atoms with van der Waals surface area (Å²) in [5, 5.41) is 15.2. The van der Waals surface area contributed by atoms with Crippen LogP contribution in [0.1, 0.15) is 57.5 Å². The van der Waals surface area contributed by atoms with Crippen molar-refractivity contribution in [2.75, 3.05) is 26.4 Å². The third-order valence-electron chi connectivity index (χ3n) is 12.3. The number of sulfone groups is 1. The van der Waals surface area contributed by atoms with E-state index >= 15 is 0 Å². The van der Waals surface area contributed by atoms with Crippen molar-refractivity contribution >= 4 is 44.7 Å². The topological polar surface area (TPSA) is 181 Å². The number of carbonyl (C=O) groups excluding carboxylic acids is 2. The molecule has 2 saturated heterocycles. The van der Waals surface area contributed by atoms with Gasteiger partial charge in [0.05, 0.1) is 61.4 Å². The van der Waals surface area contributed by atoms with Crippen LogP contribution in [0.3, 0.4) is 0 Å². The van der Waals surface area contributed by atoms with E-state index in [1.54, 1.807) is 39.8 Å². The molecule has 2 aliphatic heterocycles. The van der Waals surface area contributed by atoms with Crippen LogP contribution < -0.4 is 10.6 Å². The van der Waals surface area contributed by atoms with Crippen molar-refractivity contribution in [3.05, 3.63) is 132 Å². The number of hydrogen-bond donors (Lipinski definition) is 2. The van der Waals surface area contributed by atoms with Crippen LogP contribution in [0.2, 0.25) is 0 Å². The maximum atomic E-state index is 12.8. The molecule has 12 rings (SSSR count). The second-order valence-electron chi connectivity index (χ2n) is 17.3. The molecule has 0 radical (unpaired) electrons. The third-order valence-corrected chi connectivity index (χ3v) is 15.5. The fourth-order valence-electron chi connectivity index (χ4n) is 7.85. The monoisotopic (exact) mass is 922 g/mol. The lowest BCUT2D eigenvalue weighted by Gasteiger charge is -2.25. The van der Waals surface area contributed by atoms with Crippen molar-refractivity contribution in [3.8, 4) is 33.9 Å². The van der Waals surface area contributed by atoms with E-state index in [-0.39, 0.29) is 29.9 Å². The van der Waals surface area contributed by atoms with Gasteiger partial charge in [-0.1, -0.05) is 12.1 Å². The molecular formula is C48H46N10O6S2. The molecule has 0 bridgehead atoms. The van der Waals surface area contributed by atoms with Crippen LogP contribution in [0.4, 0.5) is 0 Å². The average molecular weight is 923 g/mol. The van der Waals surface area contributed by atoms with Crippen LogP contribution in [0, 0.1) is 13.8 Å². The van der Waals surface area contributed by atoms with Crippen molar-refractivity contribution in [2.45, 2.75) is 71.9 Å². The summed E-state index contributed by atoms with van der Waals surface area (Å²) in [5.41, 5.74) is 8.66. The minimum Gasteiger partial charge on any atom is -0.379 e. The van der Waals surface area contributed by atoms with Gasteiger partial charge in [-0.15, -0.1) is 11.8 Å². The minimum atomic E-state index is -3.47. The van der Waals surface area contributed by atoms with Gasteiger partial charge in [-0.2, -0.15) is 10.2 Å². The molecule has 66 heavy (non-hydrogen) atoms. The molecule has 2 amide bonds. The zero-order valence-electron chi connectivity index (χ0n) is 36.2. The number of ether oxygens (including phenoxy) is 2. The van der Waals surface area contributed by atoms with Gasteiger partial charge in [0.2, 0.25) is 0 Å². The molecule has 4 fully saturated rings. The summed E-state index contributed by atoms with van der Waals surface area (Å²) in [6.45, 7) is 6.09. The first kappa shape index (κ1) is 42.1. The van der Waals surface area contributed by atoms with Gasteiger partial charge in [-0.25, -0.2) is 27.7 Å². The van der Waals surface area contributed by atoms with E-state index in [1.807, 2.05) is 90.6 Å². The van der Waals surface area contributed by atoms with Gasteiger partial charge >= 0.3 is 0 Å². The lowest BCUT2D eigenvalue weighted by Crippen LogP contribution is -2.40. The third kappa shape index (κ3) is 8.40. The first-order valence-corrected chi connectivity index (χ1v) is 24.4. The Morgan fingerprint density at radius 2 is 1.15 bits per heavy atom. The lowest BCUT2D eigenvalue weighted by molar-refractivity contribution is 0.0416. The van der Waals surface area contributed by atoms with Crippen molar-refractivity contribution in [2.24, 2.45) is 0 Å². The zero-order chi connectivity index (χ0) is 45.1. The smallest absolute Gasteiger partial charge is 0.251 e. The molecule has 18 heteroatoms. The molecule has 0 spiro atoms. The highest BCUT2D eigenvalue weighted by molar-refractivity contribution is 8.00. The Kier molecular flexibility index (Phi) is 10.8. The number of pyridine rings is 2. The van der Waals surface area contributed by atoms with Crippen molar-refractivity contribution in [3.63, 3.8) is 0 Å². The molecule has 4 aliphatic rings. The SMILES string of the molecule is Cc1ccc(C(=O)NC2CC2)cc1-c1cnn(-c2cnc3ccc(S(=O)(=O)C4COC4)cn23)c1.Cc1ccc(C(=O)NC2CC2)cc1-c1cnn(-c2cnc3ccc(SC4COC4)cn23)c1. The molecule has 16 nitrogen and oxygen atoms in total. The van der Waals surface area contributed by atoms with E-state index in [0.29, 0.717) is 39.9 Å². The van der Waals surface area contributed by atoms with Crippen LogP contribution in [-0.2, 0) is 19.3 Å². The van der Waals surface area contributed by atoms with Gasteiger partial charge in [0.15, 0.2) is 21.5 Å². The molecule has 2 aliphatic carbocycles. The summed E-state index contributed by atoms with van der Waals surface area (Å²) >= 11 is 1.83. The average Bonchev–Trinajstić information content (AvgIpc) is 3.99. The number of carbonyl (C=O) groups is 2. The molecular weight excluding hydrogens is 877 g/mol. The summed E-state index contributed by atoms with van der Waals surface area (Å²) < 4.78 is 43.3. The number of fused-ring (bicyclic) bond motifs is 2. The Morgan fingerprint density at radius 1 is 0.636 bits per heavy atom. The molecule has 2 N–H and O–H groups in total. The maximum Gasteiger partial charge on any atom is 0.251 e. The van der Waals surface area contributed by atoms with Crippen LogP contribution in [0.5, 0.6) is 0 Å². The second-order valence-corrected chi connectivity index (χ2v) is 20.9. The normalized spacial score (nSPS) is 16.4. The van der Waals surface area contributed by atoms with Gasteiger partial charge in [0.1, 0.15) is 16.5 Å². The van der Waals surface area contributed by atoms with E-state index in [1.165, 1.54) is 4.90 Å². The number of aromatic nitrogens is 8. The lowest BCUT2D eigenvalue weighted by atomic mass is 10.0. The first-order valence-electron chi connectivity index (χ1n) is 22.0. The summed E-state index contributed by atoms with van der Waals surface area (Å²) in [6.07, 6.45) is 18.8. The molecule has 8 aromatic rings. The predicted molar refractivity (Wildman–Crippen MR) is 248 cm³/mol. The van der Waals surface area contributed by atoms with E-state index in [9.17, 15) is 18.0 Å². The van der Waals surface area contributed by atoms with Gasteiger partial charge in [0.25, 0.3) is 11.8 Å². The highest BCUT2D eigenvalue weighted by atomic mass is 32.2. The standard InChI is InChI=1S/C24H23N5O4S.C24H23N5O2S/c1-15-2-3-16(24(30)27-18-4-5-18)8-21(15)17-9-26-29(11-17)23-10-25-22-7-6-19(12-28(22)23)34(31,32)20-13-33-14-20;1-15-2-3-16(24(30)27-18-4-5-18)8-21(15)17-9-26-29(11-17)23-10-25-22-7-6-19(12-28(22)23)32-20-13-31-14-20/h2-3,6-12,18,20H,4-5,13-14H2,1H3,(H,27,30);2-3,6-12,18,20H,4-5,13-14H2,1H3,(H,27,30). The summed E-state index contributed by atoms with van der Waals surface area (Å²) in [6, 6.07) is 19.5. The largest absolute Gasteiger partial charge is 0.379 e. The van der Waals surface area contributed by atoms with Crippen LogP contribution in [0.15, 0.2) is 120 Å². The Balaban J connectivity index is 0.000000146. The number of rotatable bonds is 12. The number of thioether (sulfide) groups is 1. The van der Waals surface area contributed by atoms with Crippen molar-refractivity contribution < 1.29 is 27.5 Å². The maximum absolute atomic E-state index is 12.8. The number of benzene rings is 2. The predicted octanol–water partition coefficient (Wildman–Crippen LogP) is 6.44. The van der Waals surface area contributed by atoms with Gasteiger partial charge in [-0.05, 0) is 110 Å². The molecule has 0 unspecified atom stereocenters. The fraction of sp³-hybridized carbons (Fsp3) is 0.292. The van der Waals surface area contributed by atoms with E-state index in [4.69, 9.17) is 9.47 Å². The number of nitrogens with one attached hydrogen (secondary N) is 2. The summed E-state index contributed by atoms with van der Waals surface area (Å²) in [5.74, 6) is 1.41. The Hall–Kier alpha value is -6.60. The summed E-state index contributed by atoms with van der Waals surface area (Å²) in [4.78, 5) is 35.4. The highest BCUT2D eigenvalue weighted by Gasteiger charge is 2.34.